The van der Waals surface area contributed by atoms with Crippen molar-refractivity contribution in [1.82, 2.24) is 19.6 Å². The number of alkyl halides is 3. The summed E-state index contributed by atoms with van der Waals surface area (Å²) in [5.41, 5.74) is 0.511. The van der Waals surface area contributed by atoms with Gasteiger partial charge >= 0.3 is 6.18 Å². The SMILES string of the molecule is CC[C@@H](C)[C@@H](CO)Nc1cc(C)nc2nc(C(F)(F)F)nn12. The van der Waals surface area contributed by atoms with Gasteiger partial charge < -0.3 is 10.4 Å². The van der Waals surface area contributed by atoms with Crippen molar-refractivity contribution in [3.8, 4) is 0 Å². The molecule has 22 heavy (non-hydrogen) atoms. The maximum absolute atomic E-state index is 12.7. The van der Waals surface area contributed by atoms with Gasteiger partial charge in [0.15, 0.2) is 0 Å². The van der Waals surface area contributed by atoms with Gasteiger partial charge in [-0.1, -0.05) is 20.3 Å². The molecule has 2 aromatic rings. The Balaban J connectivity index is 2.46. The number of nitrogens with one attached hydrogen (secondary N) is 1. The molecule has 122 valence electrons. The maximum atomic E-state index is 12.7. The van der Waals surface area contributed by atoms with Gasteiger partial charge in [0.05, 0.1) is 12.6 Å². The van der Waals surface area contributed by atoms with Crippen LogP contribution in [0, 0.1) is 12.8 Å². The molecular formula is C13H18F3N5O. The monoisotopic (exact) mass is 317 g/mol. The first-order valence-corrected chi connectivity index (χ1v) is 6.95. The van der Waals surface area contributed by atoms with Crippen LogP contribution in [-0.4, -0.2) is 37.3 Å². The van der Waals surface area contributed by atoms with Gasteiger partial charge in [0.25, 0.3) is 11.6 Å². The van der Waals surface area contributed by atoms with Gasteiger partial charge in [0.1, 0.15) is 5.82 Å². The number of aromatic nitrogens is 4. The molecule has 2 rings (SSSR count). The van der Waals surface area contributed by atoms with Crippen molar-refractivity contribution < 1.29 is 18.3 Å². The Bertz CT molecular complexity index is 655. The Kier molecular flexibility index (Phi) is 4.55. The van der Waals surface area contributed by atoms with Gasteiger partial charge in [0.2, 0.25) is 0 Å². The molecule has 2 atom stereocenters. The largest absolute Gasteiger partial charge is 0.453 e. The molecule has 9 heteroatoms. The van der Waals surface area contributed by atoms with Gasteiger partial charge in [-0.05, 0) is 12.8 Å². The zero-order valence-corrected chi connectivity index (χ0v) is 12.5. The van der Waals surface area contributed by atoms with E-state index in [-0.39, 0.29) is 24.3 Å². The fourth-order valence-electron chi connectivity index (χ4n) is 2.05. The third kappa shape index (κ3) is 3.29. The summed E-state index contributed by atoms with van der Waals surface area (Å²) in [5, 5.41) is 16.0. The number of hydrogen-bond donors (Lipinski definition) is 2. The topological polar surface area (TPSA) is 75.3 Å². The summed E-state index contributed by atoms with van der Waals surface area (Å²) >= 11 is 0. The number of aliphatic hydroxyl groups excluding tert-OH is 1. The fraction of sp³-hybridized carbons (Fsp3) is 0.615. The van der Waals surface area contributed by atoms with Crippen molar-refractivity contribution in [1.29, 1.82) is 0 Å². The van der Waals surface area contributed by atoms with Gasteiger partial charge in [-0.25, -0.2) is 4.98 Å². The molecule has 0 aliphatic carbocycles. The quantitative estimate of drug-likeness (QED) is 0.885. The standard InChI is InChI=1S/C13H18F3N5O/c1-4-7(2)9(6-22)18-10-5-8(3)17-12-19-11(13(14,15)16)20-21(10)12/h5,7,9,18,22H,4,6H2,1-3H3/t7-,9-/m1/s1. The van der Waals surface area contributed by atoms with Crippen LogP contribution in [0.5, 0.6) is 0 Å². The van der Waals surface area contributed by atoms with E-state index in [4.69, 9.17) is 0 Å². The Morgan fingerprint density at radius 2 is 2.05 bits per heavy atom. The van der Waals surface area contributed by atoms with E-state index in [9.17, 15) is 18.3 Å². The zero-order chi connectivity index (χ0) is 16.5. The second-order valence-corrected chi connectivity index (χ2v) is 5.25. The molecule has 0 amide bonds. The number of anilines is 1. The molecule has 0 saturated carbocycles. The van der Waals surface area contributed by atoms with E-state index < -0.39 is 12.0 Å². The minimum absolute atomic E-state index is 0.129. The first kappa shape index (κ1) is 16.5. The van der Waals surface area contributed by atoms with E-state index in [1.54, 1.807) is 13.0 Å². The number of hydrogen-bond acceptors (Lipinski definition) is 5. The molecule has 0 saturated heterocycles. The van der Waals surface area contributed by atoms with Crippen LogP contribution in [0.15, 0.2) is 6.07 Å². The highest BCUT2D eigenvalue weighted by Gasteiger charge is 2.37. The molecule has 2 heterocycles. The van der Waals surface area contributed by atoms with Crippen LogP contribution in [-0.2, 0) is 6.18 Å². The van der Waals surface area contributed by atoms with Gasteiger partial charge in [-0.15, -0.1) is 5.10 Å². The second kappa shape index (κ2) is 6.07. The Labute approximate surface area is 125 Å². The van der Waals surface area contributed by atoms with Crippen LogP contribution >= 0.6 is 0 Å². The van der Waals surface area contributed by atoms with Crippen molar-refractivity contribution >= 4 is 11.6 Å². The lowest BCUT2D eigenvalue weighted by Crippen LogP contribution is -2.31. The molecular weight excluding hydrogens is 299 g/mol. The first-order valence-electron chi connectivity index (χ1n) is 6.95. The van der Waals surface area contributed by atoms with Crippen LogP contribution in [0.4, 0.5) is 19.0 Å². The number of nitrogens with zero attached hydrogens (tertiary/aromatic N) is 4. The average molecular weight is 317 g/mol. The number of rotatable bonds is 5. The molecule has 0 aliphatic heterocycles. The van der Waals surface area contributed by atoms with E-state index in [1.807, 2.05) is 13.8 Å². The van der Waals surface area contributed by atoms with E-state index in [0.29, 0.717) is 11.5 Å². The molecule has 2 N–H and O–H groups in total. The van der Waals surface area contributed by atoms with E-state index in [2.05, 4.69) is 20.4 Å². The first-order chi connectivity index (χ1) is 10.3. The summed E-state index contributed by atoms with van der Waals surface area (Å²) in [6.45, 7) is 5.43. The Morgan fingerprint density at radius 3 is 2.59 bits per heavy atom. The minimum Gasteiger partial charge on any atom is -0.394 e. The number of fused-ring (bicyclic) bond motifs is 1. The normalized spacial score (nSPS) is 15.0. The van der Waals surface area contributed by atoms with Crippen molar-refractivity contribution in [3.63, 3.8) is 0 Å². The average Bonchev–Trinajstić information content (AvgIpc) is 2.87. The van der Waals surface area contributed by atoms with Crippen molar-refractivity contribution in [3.05, 3.63) is 17.6 Å². The minimum atomic E-state index is -4.63. The number of aryl methyl sites for hydroxylation is 1. The number of halogens is 3. The molecule has 2 aromatic heterocycles. The Hall–Kier alpha value is -1.90. The molecule has 0 aliphatic rings. The summed E-state index contributed by atoms with van der Waals surface area (Å²) in [7, 11) is 0. The van der Waals surface area contributed by atoms with Crippen LogP contribution in [0.3, 0.4) is 0 Å². The lowest BCUT2D eigenvalue weighted by atomic mass is 10.00. The molecule has 0 aromatic carbocycles. The summed E-state index contributed by atoms with van der Waals surface area (Å²) in [4.78, 5) is 7.37. The van der Waals surface area contributed by atoms with Crippen LogP contribution in [0.1, 0.15) is 31.8 Å². The van der Waals surface area contributed by atoms with Gasteiger partial charge in [-0.2, -0.15) is 22.7 Å². The third-order valence-corrected chi connectivity index (χ3v) is 3.55. The highest BCUT2D eigenvalue weighted by molar-refractivity contribution is 5.46. The lowest BCUT2D eigenvalue weighted by molar-refractivity contribution is -0.144. The number of aliphatic hydroxyl groups is 1. The molecule has 0 spiro atoms. The van der Waals surface area contributed by atoms with E-state index in [0.717, 1.165) is 10.9 Å². The predicted molar refractivity (Wildman–Crippen MR) is 74.5 cm³/mol. The van der Waals surface area contributed by atoms with Crippen molar-refractivity contribution in [2.24, 2.45) is 5.92 Å². The lowest BCUT2D eigenvalue weighted by Gasteiger charge is -2.23. The summed E-state index contributed by atoms with van der Waals surface area (Å²) < 4.78 is 39.2. The van der Waals surface area contributed by atoms with Crippen molar-refractivity contribution in [2.75, 3.05) is 11.9 Å². The summed E-state index contributed by atoms with van der Waals surface area (Å²) in [5.74, 6) is -0.905. The van der Waals surface area contributed by atoms with Crippen LogP contribution < -0.4 is 5.32 Å². The van der Waals surface area contributed by atoms with E-state index >= 15 is 0 Å². The maximum Gasteiger partial charge on any atom is 0.453 e. The van der Waals surface area contributed by atoms with Gasteiger partial charge in [-0.3, -0.25) is 0 Å². The molecule has 6 nitrogen and oxygen atoms in total. The highest BCUT2D eigenvalue weighted by Crippen LogP contribution is 2.27. The zero-order valence-electron chi connectivity index (χ0n) is 12.5. The predicted octanol–water partition coefficient (Wildman–Crippen LogP) is 2.27. The molecule has 0 fully saturated rings. The van der Waals surface area contributed by atoms with Crippen LogP contribution in [0.2, 0.25) is 0 Å². The molecule has 0 unspecified atom stereocenters. The van der Waals surface area contributed by atoms with Crippen LogP contribution in [0.25, 0.3) is 5.78 Å². The van der Waals surface area contributed by atoms with Gasteiger partial charge in [0, 0.05) is 11.8 Å². The van der Waals surface area contributed by atoms with Crippen molar-refractivity contribution in [2.45, 2.75) is 39.4 Å². The Morgan fingerprint density at radius 1 is 1.36 bits per heavy atom. The fourth-order valence-corrected chi connectivity index (χ4v) is 2.05. The summed E-state index contributed by atoms with van der Waals surface area (Å²) in [6.07, 6.45) is -3.82. The smallest absolute Gasteiger partial charge is 0.394 e. The summed E-state index contributed by atoms with van der Waals surface area (Å²) in [6, 6.07) is 1.28. The van der Waals surface area contributed by atoms with E-state index in [1.165, 1.54) is 0 Å². The molecule has 0 radical (unpaired) electrons. The second-order valence-electron chi connectivity index (χ2n) is 5.25. The third-order valence-electron chi connectivity index (χ3n) is 3.55. The molecule has 0 bridgehead atoms. The highest BCUT2D eigenvalue weighted by atomic mass is 19.4.